The van der Waals surface area contributed by atoms with Crippen LogP contribution in [0, 0.1) is 6.92 Å². The van der Waals surface area contributed by atoms with E-state index in [0.29, 0.717) is 17.7 Å². The Kier molecular flexibility index (Phi) is 6.65. The van der Waals surface area contributed by atoms with Crippen molar-refractivity contribution >= 4 is 16.7 Å². The van der Waals surface area contributed by atoms with Crippen molar-refractivity contribution in [3.05, 3.63) is 35.4 Å². The van der Waals surface area contributed by atoms with Crippen LogP contribution in [0.5, 0.6) is 11.5 Å². The Morgan fingerprint density at radius 1 is 1.20 bits per heavy atom. The smallest absolute Gasteiger partial charge is 0.341 e. The van der Waals surface area contributed by atoms with Crippen LogP contribution in [-0.4, -0.2) is 31.1 Å². The van der Waals surface area contributed by atoms with E-state index in [2.05, 4.69) is 0 Å². The van der Waals surface area contributed by atoms with Gasteiger partial charge in [0.2, 0.25) is 0 Å². The second-order valence-corrected chi connectivity index (χ2v) is 5.73. The first-order chi connectivity index (χ1) is 12.1. The molecule has 1 atom stereocenters. The van der Waals surface area contributed by atoms with E-state index >= 15 is 0 Å². The molecule has 5 heteroatoms. The average molecular weight is 346 g/mol. The van der Waals surface area contributed by atoms with Gasteiger partial charge < -0.3 is 19.3 Å². The molecule has 2 aromatic carbocycles. The van der Waals surface area contributed by atoms with Crippen molar-refractivity contribution in [2.45, 2.75) is 46.3 Å². The van der Waals surface area contributed by atoms with Gasteiger partial charge in [0.25, 0.3) is 0 Å². The quantitative estimate of drug-likeness (QED) is 0.825. The lowest BCUT2D eigenvalue weighted by Gasteiger charge is -2.24. The van der Waals surface area contributed by atoms with E-state index in [1.165, 1.54) is 13.2 Å². The van der Waals surface area contributed by atoms with Crippen LogP contribution in [0.4, 0.5) is 0 Å². The second kappa shape index (κ2) is 8.72. The fourth-order valence-electron chi connectivity index (χ4n) is 2.80. The first kappa shape index (κ1) is 19.1. The first-order valence-electron chi connectivity index (χ1n) is 8.73. The maximum absolute atomic E-state index is 11.9. The Morgan fingerprint density at radius 3 is 2.60 bits per heavy atom. The third-order valence-electron chi connectivity index (χ3n) is 4.03. The molecule has 1 fully saturated rings. The minimum atomic E-state index is -0.597. The van der Waals surface area contributed by atoms with Crippen molar-refractivity contribution in [1.29, 1.82) is 0 Å². The zero-order valence-electron chi connectivity index (χ0n) is 15.3. The third kappa shape index (κ3) is 4.23. The Labute approximate surface area is 148 Å². The number of fused-ring (bicyclic) bond motifs is 1. The second-order valence-electron chi connectivity index (χ2n) is 5.73. The van der Waals surface area contributed by atoms with Crippen molar-refractivity contribution in [3.8, 4) is 11.5 Å². The molecule has 1 heterocycles. The fourth-order valence-corrected chi connectivity index (χ4v) is 2.80. The average Bonchev–Trinajstić information content (AvgIpc) is 2.66. The van der Waals surface area contributed by atoms with E-state index in [9.17, 15) is 9.90 Å². The maximum Gasteiger partial charge on any atom is 0.341 e. The van der Waals surface area contributed by atoms with E-state index < -0.39 is 5.97 Å². The summed E-state index contributed by atoms with van der Waals surface area (Å²) in [6.07, 6.45) is 2.55. The Morgan fingerprint density at radius 2 is 1.96 bits per heavy atom. The highest BCUT2D eigenvalue weighted by atomic mass is 16.7. The van der Waals surface area contributed by atoms with E-state index in [-0.39, 0.29) is 17.6 Å². The number of phenols is 1. The van der Waals surface area contributed by atoms with Gasteiger partial charge in [0.1, 0.15) is 17.1 Å². The van der Waals surface area contributed by atoms with Gasteiger partial charge >= 0.3 is 5.97 Å². The molecule has 0 aromatic heterocycles. The number of hydrogen-bond acceptors (Lipinski definition) is 5. The van der Waals surface area contributed by atoms with Gasteiger partial charge in [-0.05, 0) is 31.9 Å². The van der Waals surface area contributed by atoms with Crippen LogP contribution in [0.3, 0.4) is 0 Å². The maximum atomic E-state index is 11.9. The van der Waals surface area contributed by atoms with Crippen molar-refractivity contribution in [2.75, 3.05) is 13.7 Å². The number of rotatable bonds is 3. The van der Waals surface area contributed by atoms with E-state index in [4.69, 9.17) is 14.2 Å². The molecular weight excluding hydrogens is 320 g/mol. The number of aryl methyl sites for hydroxylation is 1. The van der Waals surface area contributed by atoms with Crippen LogP contribution in [0.15, 0.2) is 24.3 Å². The predicted octanol–water partition coefficient (Wildman–Crippen LogP) is 4.57. The summed E-state index contributed by atoms with van der Waals surface area (Å²) >= 11 is 0. The van der Waals surface area contributed by atoms with Crippen LogP contribution in [0.2, 0.25) is 0 Å². The summed E-state index contributed by atoms with van der Waals surface area (Å²) in [6, 6.07) is 7.17. The summed E-state index contributed by atoms with van der Waals surface area (Å²) in [7, 11) is 1.28. The normalized spacial score (nSPS) is 16.7. The molecule has 0 aliphatic carbocycles. The largest absolute Gasteiger partial charge is 0.506 e. The summed E-state index contributed by atoms with van der Waals surface area (Å²) < 4.78 is 16.3. The molecule has 1 unspecified atom stereocenters. The lowest BCUT2D eigenvalue weighted by atomic mass is 10.0. The summed E-state index contributed by atoms with van der Waals surface area (Å²) in [5.41, 5.74) is 1.08. The molecule has 0 saturated carbocycles. The van der Waals surface area contributed by atoms with Gasteiger partial charge in [0.15, 0.2) is 6.29 Å². The molecule has 1 aliphatic heterocycles. The fraction of sp³-hybridized carbons (Fsp3) is 0.450. The zero-order chi connectivity index (χ0) is 18.4. The zero-order valence-corrected chi connectivity index (χ0v) is 15.3. The number of benzene rings is 2. The molecule has 0 bridgehead atoms. The predicted molar refractivity (Wildman–Crippen MR) is 97.3 cm³/mol. The van der Waals surface area contributed by atoms with Gasteiger partial charge in [0, 0.05) is 17.2 Å². The summed E-state index contributed by atoms with van der Waals surface area (Å²) in [4.78, 5) is 11.9. The molecule has 5 nitrogen and oxygen atoms in total. The van der Waals surface area contributed by atoms with Crippen LogP contribution in [0.25, 0.3) is 10.8 Å². The Hall–Kier alpha value is -2.27. The molecule has 0 spiro atoms. The monoisotopic (exact) mass is 346 g/mol. The molecule has 1 aliphatic rings. The highest BCUT2D eigenvalue weighted by Crippen LogP contribution is 2.38. The SMILES string of the molecule is CC.COC(=O)c1cc(OC2CCCCO2)c2ccc(C)cc2c1O. The molecule has 1 saturated heterocycles. The Bertz CT molecular complexity index is 732. The van der Waals surface area contributed by atoms with E-state index in [0.717, 1.165) is 30.2 Å². The molecule has 1 N–H and O–H groups in total. The molecule has 136 valence electrons. The van der Waals surface area contributed by atoms with Crippen molar-refractivity contribution in [2.24, 2.45) is 0 Å². The van der Waals surface area contributed by atoms with E-state index in [1.54, 1.807) is 0 Å². The van der Waals surface area contributed by atoms with Crippen LogP contribution in [-0.2, 0) is 9.47 Å². The van der Waals surface area contributed by atoms with Crippen LogP contribution < -0.4 is 4.74 Å². The minimum absolute atomic E-state index is 0.0903. The van der Waals surface area contributed by atoms with Crippen molar-refractivity contribution in [3.63, 3.8) is 0 Å². The van der Waals surface area contributed by atoms with Gasteiger partial charge in [-0.3, -0.25) is 0 Å². The molecular formula is C20H26O5. The topological polar surface area (TPSA) is 65.0 Å². The van der Waals surface area contributed by atoms with Gasteiger partial charge in [-0.25, -0.2) is 4.79 Å². The summed E-state index contributed by atoms with van der Waals surface area (Å²) in [5.74, 6) is -0.169. The lowest BCUT2D eigenvalue weighted by molar-refractivity contribution is -0.105. The van der Waals surface area contributed by atoms with Crippen LogP contribution >= 0.6 is 0 Å². The van der Waals surface area contributed by atoms with Gasteiger partial charge in [-0.2, -0.15) is 0 Å². The minimum Gasteiger partial charge on any atom is -0.506 e. The third-order valence-corrected chi connectivity index (χ3v) is 4.03. The van der Waals surface area contributed by atoms with Gasteiger partial charge in [-0.1, -0.05) is 31.5 Å². The standard InChI is InChI=1S/C18H20O5.C2H6/c1-11-6-7-12-13(9-11)17(19)14(18(20)21-2)10-15(12)23-16-5-3-4-8-22-16;1-2/h6-7,9-10,16,19H,3-5,8H2,1-2H3;1-2H3. The number of hydrogen-bond donors (Lipinski definition) is 1. The number of ether oxygens (including phenoxy) is 3. The number of esters is 1. The Balaban J connectivity index is 0.00000109. The highest BCUT2D eigenvalue weighted by Gasteiger charge is 2.22. The van der Waals surface area contributed by atoms with Crippen molar-refractivity contribution in [1.82, 2.24) is 0 Å². The van der Waals surface area contributed by atoms with Crippen LogP contribution in [0.1, 0.15) is 49.0 Å². The first-order valence-corrected chi connectivity index (χ1v) is 8.73. The molecule has 0 radical (unpaired) electrons. The highest BCUT2D eigenvalue weighted by molar-refractivity contribution is 6.04. The molecule has 0 amide bonds. The van der Waals surface area contributed by atoms with Gasteiger partial charge in [-0.15, -0.1) is 0 Å². The molecule has 25 heavy (non-hydrogen) atoms. The number of carbonyl (C=O) groups is 1. The molecule has 3 rings (SSSR count). The molecule has 2 aromatic rings. The summed E-state index contributed by atoms with van der Waals surface area (Å²) in [6.45, 7) is 6.60. The number of phenolic OH excluding ortho intramolecular Hbond substituents is 1. The number of aromatic hydroxyl groups is 1. The van der Waals surface area contributed by atoms with Crippen molar-refractivity contribution < 1.29 is 24.1 Å². The number of methoxy groups -OCH3 is 1. The number of carbonyl (C=O) groups excluding carboxylic acids is 1. The van der Waals surface area contributed by atoms with E-state index in [1.807, 2.05) is 39.0 Å². The van der Waals surface area contributed by atoms with Gasteiger partial charge in [0.05, 0.1) is 13.7 Å². The summed E-state index contributed by atoms with van der Waals surface area (Å²) in [5, 5.41) is 11.7. The lowest BCUT2D eigenvalue weighted by Crippen LogP contribution is -2.25.